The Hall–Kier alpha value is -1.22. The van der Waals surface area contributed by atoms with Gasteiger partial charge in [0.1, 0.15) is 12.5 Å². The Balaban J connectivity index is 0.000000171. The van der Waals surface area contributed by atoms with E-state index < -0.39 is 0 Å². The molecule has 0 aliphatic rings. The maximum Gasteiger partial charge on any atom is 0.123 e. The van der Waals surface area contributed by atoms with Crippen molar-refractivity contribution in [1.29, 1.82) is 0 Å². The van der Waals surface area contributed by atoms with E-state index >= 15 is 0 Å². The average molecular weight is 299 g/mol. The lowest BCUT2D eigenvalue weighted by Gasteiger charge is -1.92. The van der Waals surface area contributed by atoms with Gasteiger partial charge < -0.3 is 0 Å². The smallest absolute Gasteiger partial charge is 0.123 e. The van der Waals surface area contributed by atoms with Gasteiger partial charge in [0, 0.05) is 4.47 Å². The Morgan fingerprint density at radius 2 is 1.71 bits per heavy atom. The molecule has 17 heavy (non-hydrogen) atoms. The van der Waals surface area contributed by atoms with Gasteiger partial charge in [-0.2, -0.15) is 0 Å². The van der Waals surface area contributed by atoms with Crippen LogP contribution >= 0.6 is 15.9 Å². The number of benzene rings is 2. The molecule has 0 nitrogen and oxygen atoms in total. The molecular formula is C14H13BrF2. The minimum absolute atomic E-state index is 0.171. The van der Waals surface area contributed by atoms with Crippen LogP contribution in [-0.4, -0.2) is 0 Å². The SMILES string of the molecule is Cc1ccc(F)cc1.FCc1cccc(Br)c1. The van der Waals surface area contributed by atoms with Crippen LogP contribution < -0.4 is 0 Å². The van der Waals surface area contributed by atoms with E-state index in [9.17, 15) is 8.78 Å². The molecule has 2 aromatic rings. The number of halogens is 3. The van der Waals surface area contributed by atoms with Crippen molar-refractivity contribution in [2.24, 2.45) is 0 Å². The third-order valence-electron chi connectivity index (χ3n) is 2.05. The highest BCUT2D eigenvalue weighted by Gasteiger charge is 1.89. The molecule has 2 rings (SSSR count). The maximum atomic E-state index is 12.1. The fourth-order valence-corrected chi connectivity index (χ4v) is 1.60. The quantitative estimate of drug-likeness (QED) is 0.691. The van der Waals surface area contributed by atoms with E-state index in [0.29, 0.717) is 5.56 Å². The topological polar surface area (TPSA) is 0 Å². The Morgan fingerprint density at radius 3 is 2.12 bits per heavy atom. The molecule has 0 aromatic heterocycles. The number of rotatable bonds is 1. The summed E-state index contributed by atoms with van der Waals surface area (Å²) in [4.78, 5) is 0. The van der Waals surface area contributed by atoms with Crippen LogP contribution in [0.2, 0.25) is 0 Å². The van der Waals surface area contributed by atoms with Gasteiger partial charge in [-0.3, -0.25) is 0 Å². The van der Waals surface area contributed by atoms with Crippen molar-refractivity contribution in [3.63, 3.8) is 0 Å². The van der Waals surface area contributed by atoms with Crippen LogP contribution in [0.25, 0.3) is 0 Å². The van der Waals surface area contributed by atoms with Crippen molar-refractivity contribution < 1.29 is 8.78 Å². The van der Waals surface area contributed by atoms with Gasteiger partial charge in [-0.05, 0) is 36.8 Å². The van der Waals surface area contributed by atoms with Crippen LogP contribution in [0, 0.1) is 12.7 Å². The van der Waals surface area contributed by atoms with E-state index in [2.05, 4.69) is 15.9 Å². The molecule has 0 saturated heterocycles. The van der Waals surface area contributed by atoms with Gasteiger partial charge in [0.15, 0.2) is 0 Å². The molecule has 0 aliphatic heterocycles. The number of alkyl halides is 1. The van der Waals surface area contributed by atoms with Gasteiger partial charge in [0.2, 0.25) is 0 Å². The van der Waals surface area contributed by atoms with Crippen LogP contribution in [-0.2, 0) is 6.67 Å². The monoisotopic (exact) mass is 298 g/mol. The fourth-order valence-electron chi connectivity index (χ4n) is 1.15. The predicted octanol–water partition coefficient (Wildman–Crippen LogP) is 5.05. The lowest BCUT2D eigenvalue weighted by atomic mass is 10.2. The summed E-state index contributed by atoms with van der Waals surface area (Å²) < 4.78 is 24.9. The molecule has 3 heteroatoms. The Bertz CT molecular complexity index is 431. The van der Waals surface area contributed by atoms with Crippen LogP contribution in [0.5, 0.6) is 0 Å². The third-order valence-corrected chi connectivity index (χ3v) is 2.55. The molecule has 0 atom stereocenters. The first kappa shape index (κ1) is 13.8. The highest BCUT2D eigenvalue weighted by molar-refractivity contribution is 9.10. The van der Waals surface area contributed by atoms with Crippen molar-refractivity contribution >= 4 is 15.9 Å². The number of aryl methyl sites for hydroxylation is 1. The van der Waals surface area contributed by atoms with Crippen molar-refractivity contribution in [3.8, 4) is 0 Å². The highest BCUT2D eigenvalue weighted by atomic mass is 79.9. The summed E-state index contributed by atoms with van der Waals surface area (Å²) in [6, 6.07) is 13.6. The first-order valence-electron chi connectivity index (χ1n) is 5.14. The summed E-state index contributed by atoms with van der Waals surface area (Å²) in [7, 11) is 0. The zero-order chi connectivity index (χ0) is 12.7. The fraction of sp³-hybridized carbons (Fsp3) is 0.143. The molecule has 0 aliphatic carbocycles. The molecule has 0 unspecified atom stereocenters. The normalized spacial score (nSPS) is 9.41. The van der Waals surface area contributed by atoms with E-state index in [1.54, 1.807) is 24.3 Å². The van der Waals surface area contributed by atoms with Crippen LogP contribution in [0.3, 0.4) is 0 Å². The van der Waals surface area contributed by atoms with Crippen LogP contribution in [0.15, 0.2) is 53.0 Å². The Morgan fingerprint density at radius 1 is 1.06 bits per heavy atom. The summed E-state index contributed by atoms with van der Waals surface area (Å²) in [6.07, 6.45) is 0. The van der Waals surface area contributed by atoms with Gasteiger partial charge >= 0.3 is 0 Å². The molecule has 0 amide bonds. The van der Waals surface area contributed by atoms with E-state index in [0.717, 1.165) is 10.0 Å². The van der Waals surface area contributed by atoms with E-state index in [4.69, 9.17) is 0 Å². The lowest BCUT2D eigenvalue weighted by molar-refractivity contribution is 0.485. The molecule has 0 bridgehead atoms. The van der Waals surface area contributed by atoms with E-state index in [1.165, 1.54) is 12.1 Å². The molecule has 0 saturated carbocycles. The summed E-state index contributed by atoms with van der Waals surface area (Å²) >= 11 is 3.24. The zero-order valence-corrected chi connectivity index (χ0v) is 11.0. The Labute approximate surface area is 108 Å². The van der Waals surface area contributed by atoms with Gasteiger partial charge in [0.05, 0.1) is 0 Å². The van der Waals surface area contributed by atoms with Crippen molar-refractivity contribution in [2.75, 3.05) is 0 Å². The summed E-state index contributed by atoms with van der Waals surface area (Å²) in [6.45, 7) is 1.54. The van der Waals surface area contributed by atoms with Crippen LogP contribution in [0.1, 0.15) is 11.1 Å². The van der Waals surface area contributed by atoms with Crippen molar-refractivity contribution in [3.05, 3.63) is 69.9 Å². The summed E-state index contributed by atoms with van der Waals surface area (Å²) in [5, 5.41) is 0. The lowest BCUT2D eigenvalue weighted by Crippen LogP contribution is -1.75. The molecule has 0 fully saturated rings. The summed E-state index contributed by atoms with van der Waals surface area (Å²) in [5.41, 5.74) is 1.80. The minimum atomic E-state index is -0.389. The molecule has 90 valence electrons. The third kappa shape index (κ3) is 5.59. The summed E-state index contributed by atoms with van der Waals surface area (Å²) in [5.74, 6) is -0.171. The highest BCUT2D eigenvalue weighted by Crippen LogP contribution is 2.11. The van der Waals surface area contributed by atoms with Crippen molar-refractivity contribution in [1.82, 2.24) is 0 Å². The van der Waals surface area contributed by atoms with Crippen LogP contribution in [0.4, 0.5) is 8.78 Å². The van der Waals surface area contributed by atoms with Gasteiger partial charge in [-0.15, -0.1) is 0 Å². The molecule has 0 spiro atoms. The second kappa shape index (κ2) is 7.17. The molecule has 2 aromatic carbocycles. The van der Waals surface area contributed by atoms with Crippen molar-refractivity contribution in [2.45, 2.75) is 13.6 Å². The zero-order valence-electron chi connectivity index (χ0n) is 9.46. The van der Waals surface area contributed by atoms with E-state index in [-0.39, 0.29) is 12.5 Å². The predicted molar refractivity (Wildman–Crippen MR) is 70.1 cm³/mol. The molecule has 0 radical (unpaired) electrons. The van der Waals surface area contributed by atoms with E-state index in [1.807, 2.05) is 19.1 Å². The second-order valence-electron chi connectivity index (χ2n) is 3.56. The Kier molecular flexibility index (Phi) is 5.84. The average Bonchev–Trinajstić information content (AvgIpc) is 2.34. The molecule has 0 N–H and O–H groups in total. The second-order valence-corrected chi connectivity index (χ2v) is 4.47. The number of hydrogen-bond donors (Lipinski definition) is 0. The standard InChI is InChI=1S/C7H6BrF.C7H7F/c8-7-3-1-2-6(4-7)5-9;1-6-2-4-7(8)5-3-6/h1-4H,5H2;2-5H,1H3. The first-order valence-corrected chi connectivity index (χ1v) is 5.93. The molecular weight excluding hydrogens is 286 g/mol. The van der Waals surface area contributed by atoms with Gasteiger partial charge in [-0.25, -0.2) is 8.78 Å². The minimum Gasteiger partial charge on any atom is -0.246 e. The maximum absolute atomic E-state index is 12.1. The van der Waals surface area contributed by atoms with Gasteiger partial charge in [-0.1, -0.05) is 45.8 Å². The first-order chi connectivity index (χ1) is 8.11. The van der Waals surface area contributed by atoms with Gasteiger partial charge in [0.25, 0.3) is 0 Å². The largest absolute Gasteiger partial charge is 0.246 e. The number of hydrogen-bond acceptors (Lipinski definition) is 0. The molecule has 0 heterocycles.